The van der Waals surface area contributed by atoms with Crippen LogP contribution in [0.25, 0.3) is 10.9 Å². The number of benzene rings is 3. The molecule has 5 nitrogen and oxygen atoms in total. The number of anilines is 1. The zero-order valence-corrected chi connectivity index (χ0v) is 18.7. The lowest BCUT2D eigenvalue weighted by Crippen LogP contribution is -2.36. The van der Waals surface area contributed by atoms with Crippen molar-refractivity contribution in [3.8, 4) is 0 Å². The number of guanidine groups is 1. The first-order valence-corrected chi connectivity index (χ1v) is 11.0. The van der Waals surface area contributed by atoms with Crippen LogP contribution in [0.4, 0.5) is 10.1 Å². The van der Waals surface area contributed by atoms with Crippen LogP contribution in [-0.4, -0.2) is 23.4 Å². The van der Waals surface area contributed by atoms with Gasteiger partial charge in [-0.15, -0.1) is 0 Å². The largest absolute Gasteiger partial charge is 0.361 e. The summed E-state index contributed by atoms with van der Waals surface area (Å²) in [6.07, 6.45) is 2.71. The molecule has 0 unspecified atom stereocenters. The summed E-state index contributed by atoms with van der Waals surface area (Å²) in [7, 11) is 0. The number of halogens is 1. The number of carbonyl (C=O) groups is 1. The molecule has 0 aliphatic heterocycles. The fraction of sp³-hybridized carbons (Fsp3) is 0.185. The Balaban J connectivity index is 1.51. The number of nitrogens with one attached hydrogen (secondary N) is 3. The SMILES string of the molecule is CC(C)c1ccc(NC(=NCCc2c[nH]c3ccccc23)NC(=O)c2ccc(F)cc2)cc1. The molecule has 3 N–H and O–H groups in total. The monoisotopic (exact) mass is 442 g/mol. The van der Waals surface area contributed by atoms with Crippen molar-refractivity contribution in [2.24, 2.45) is 4.99 Å². The van der Waals surface area contributed by atoms with Gasteiger partial charge < -0.3 is 10.3 Å². The van der Waals surface area contributed by atoms with Gasteiger partial charge in [-0.2, -0.15) is 0 Å². The maximum Gasteiger partial charge on any atom is 0.257 e. The van der Waals surface area contributed by atoms with Crippen LogP contribution in [0.5, 0.6) is 0 Å². The first-order chi connectivity index (χ1) is 16.0. The van der Waals surface area contributed by atoms with Gasteiger partial charge in [-0.25, -0.2) is 4.39 Å². The number of nitrogens with zero attached hydrogens (tertiary/aromatic N) is 1. The second-order valence-electron chi connectivity index (χ2n) is 8.20. The van der Waals surface area contributed by atoms with E-state index in [1.807, 2.05) is 36.5 Å². The van der Waals surface area contributed by atoms with E-state index in [-0.39, 0.29) is 11.7 Å². The molecular weight excluding hydrogens is 415 g/mol. The highest BCUT2D eigenvalue weighted by Gasteiger charge is 2.10. The summed E-state index contributed by atoms with van der Waals surface area (Å²) in [6, 6.07) is 21.6. The third kappa shape index (κ3) is 5.66. The zero-order chi connectivity index (χ0) is 23.2. The topological polar surface area (TPSA) is 69.3 Å². The fourth-order valence-corrected chi connectivity index (χ4v) is 3.61. The highest BCUT2D eigenvalue weighted by molar-refractivity contribution is 6.09. The Bertz CT molecular complexity index is 1260. The van der Waals surface area contributed by atoms with Crippen molar-refractivity contribution < 1.29 is 9.18 Å². The summed E-state index contributed by atoms with van der Waals surface area (Å²) in [4.78, 5) is 20.6. The predicted octanol–water partition coefficient (Wildman–Crippen LogP) is 5.87. The molecular formula is C27H27FN4O. The lowest BCUT2D eigenvalue weighted by molar-refractivity contribution is 0.0977. The van der Waals surface area contributed by atoms with E-state index in [9.17, 15) is 9.18 Å². The van der Waals surface area contributed by atoms with E-state index in [0.29, 0.717) is 30.4 Å². The molecule has 168 valence electrons. The Kier molecular flexibility index (Phi) is 6.83. The molecule has 4 rings (SSSR count). The minimum atomic E-state index is -0.387. The molecule has 1 amide bonds. The van der Waals surface area contributed by atoms with Gasteiger partial charge in [-0.05, 0) is 65.9 Å². The van der Waals surface area contributed by atoms with E-state index >= 15 is 0 Å². The Morgan fingerprint density at radius 3 is 2.45 bits per heavy atom. The predicted molar refractivity (Wildman–Crippen MR) is 132 cm³/mol. The minimum Gasteiger partial charge on any atom is -0.361 e. The van der Waals surface area contributed by atoms with Crippen LogP contribution in [0.3, 0.4) is 0 Å². The molecule has 0 saturated carbocycles. The van der Waals surface area contributed by atoms with Gasteiger partial charge in [0.25, 0.3) is 5.91 Å². The Hall–Kier alpha value is -3.93. The number of aromatic amines is 1. The van der Waals surface area contributed by atoms with Gasteiger partial charge in [0.2, 0.25) is 5.96 Å². The number of rotatable bonds is 6. The lowest BCUT2D eigenvalue weighted by Gasteiger charge is -2.13. The molecule has 4 aromatic rings. The average Bonchev–Trinajstić information content (AvgIpc) is 3.23. The number of hydrogen-bond acceptors (Lipinski definition) is 2. The summed E-state index contributed by atoms with van der Waals surface area (Å²) in [5, 5.41) is 7.20. The van der Waals surface area contributed by atoms with Gasteiger partial charge in [0.1, 0.15) is 5.82 Å². The van der Waals surface area contributed by atoms with Crippen LogP contribution in [-0.2, 0) is 6.42 Å². The third-order valence-corrected chi connectivity index (χ3v) is 5.50. The molecule has 0 aliphatic carbocycles. The normalized spacial score (nSPS) is 11.7. The smallest absolute Gasteiger partial charge is 0.257 e. The standard InChI is InChI=1S/C27H27FN4O/c1-18(2)19-9-13-23(14-10-19)31-27(32-26(33)20-7-11-22(28)12-8-20)29-16-15-21-17-30-25-6-4-3-5-24(21)25/h3-14,17-18,30H,15-16H2,1-2H3,(H2,29,31,32,33). The summed E-state index contributed by atoms with van der Waals surface area (Å²) in [5.41, 5.74) is 4.67. The molecule has 1 heterocycles. The van der Waals surface area contributed by atoms with Crippen LogP contribution in [0.1, 0.15) is 41.3 Å². The van der Waals surface area contributed by atoms with E-state index in [2.05, 4.69) is 52.7 Å². The Morgan fingerprint density at radius 2 is 1.73 bits per heavy atom. The lowest BCUT2D eigenvalue weighted by atomic mass is 10.0. The summed E-state index contributed by atoms with van der Waals surface area (Å²) >= 11 is 0. The maximum absolute atomic E-state index is 13.2. The molecule has 3 aromatic carbocycles. The van der Waals surface area contributed by atoms with E-state index in [1.165, 1.54) is 40.8 Å². The van der Waals surface area contributed by atoms with Gasteiger partial charge in [0.05, 0.1) is 0 Å². The second kappa shape index (κ2) is 10.1. The van der Waals surface area contributed by atoms with Crippen LogP contribution >= 0.6 is 0 Å². The summed E-state index contributed by atoms with van der Waals surface area (Å²) in [6.45, 7) is 4.77. The van der Waals surface area contributed by atoms with E-state index in [1.54, 1.807) is 0 Å². The number of H-pyrrole nitrogens is 1. The van der Waals surface area contributed by atoms with Gasteiger partial charge in [0, 0.05) is 34.9 Å². The Labute approximate surface area is 192 Å². The minimum absolute atomic E-state index is 0.349. The average molecular weight is 443 g/mol. The molecule has 0 fully saturated rings. The van der Waals surface area contributed by atoms with Gasteiger partial charge in [-0.3, -0.25) is 15.1 Å². The van der Waals surface area contributed by atoms with Crippen LogP contribution in [0.15, 0.2) is 84.0 Å². The third-order valence-electron chi connectivity index (χ3n) is 5.50. The van der Waals surface area contributed by atoms with Crippen molar-refractivity contribution in [1.82, 2.24) is 10.3 Å². The summed E-state index contributed by atoms with van der Waals surface area (Å²) in [5.74, 6) is 0.0395. The van der Waals surface area contributed by atoms with Gasteiger partial charge >= 0.3 is 0 Å². The number of carbonyl (C=O) groups excluding carboxylic acids is 1. The molecule has 6 heteroatoms. The fourth-order valence-electron chi connectivity index (χ4n) is 3.61. The quantitative estimate of drug-likeness (QED) is 0.258. The number of aromatic nitrogens is 1. The number of amides is 1. The second-order valence-corrected chi connectivity index (χ2v) is 8.20. The van der Waals surface area contributed by atoms with E-state index in [4.69, 9.17) is 0 Å². The number of aliphatic imine (C=N–C) groups is 1. The molecule has 33 heavy (non-hydrogen) atoms. The number of hydrogen-bond donors (Lipinski definition) is 3. The van der Waals surface area contributed by atoms with E-state index < -0.39 is 0 Å². The van der Waals surface area contributed by atoms with Crippen LogP contribution in [0.2, 0.25) is 0 Å². The van der Waals surface area contributed by atoms with Crippen molar-refractivity contribution in [2.75, 3.05) is 11.9 Å². The first-order valence-electron chi connectivity index (χ1n) is 11.0. The highest BCUT2D eigenvalue weighted by Crippen LogP contribution is 2.19. The van der Waals surface area contributed by atoms with Crippen molar-refractivity contribution in [3.63, 3.8) is 0 Å². The molecule has 0 bridgehead atoms. The van der Waals surface area contributed by atoms with Crippen molar-refractivity contribution in [3.05, 3.63) is 102 Å². The molecule has 1 aromatic heterocycles. The zero-order valence-electron chi connectivity index (χ0n) is 18.7. The van der Waals surface area contributed by atoms with Crippen LogP contribution in [0, 0.1) is 5.82 Å². The first kappa shape index (κ1) is 22.3. The highest BCUT2D eigenvalue weighted by atomic mass is 19.1. The molecule has 0 atom stereocenters. The van der Waals surface area contributed by atoms with Gasteiger partial charge in [-0.1, -0.05) is 44.2 Å². The van der Waals surface area contributed by atoms with Crippen LogP contribution < -0.4 is 10.6 Å². The molecule has 0 saturated heterocycles. The van der Waals surface area contributed by atoms with Crippen molar-refractivity contribution in [1.29, 1.82) is 0 Å². The maximum atomic E-state index is 13.2. The van der Waals surface area contributed by atoms with Crippen molar-refractivity contribution >= 4 is 28.5 Å². The number of fused-ring (bicyclic) bond motifs is 1. The van der Waals surface area contributed by atoms with Crippen molar-refractivity contribution in [2.45, 2.75) is 26.2 Å². The molecule has 0 radical (unpaired) electrons. The van der Waals surface area contributed by atoms with Gasteiger partial charge in [0.15, 0.2) is 0 Å². The summed E-state index contributed by atoms with van der Waals surface area (Å²) < 4.78 is 13.2. The molecule has 0 aliphatic rings. The van der Waals surface area contributed by atoms with E-state index in [0.717, 1.165) is 11.2 Å². The number of para-hydroxylation sites is 1. The molecule has 0 spiro atoms. The Morgan fingerprint density at radius 1 is 1.00 bits per heavy atom.